The molecule has 0 fully saturated rings. The molecule has 0 rings (SSSR count). The molecule has 3 nitrogen and oxygen atoms in total. The van der Waals surface area contributed by atoms with Gasteiger partial charge < -0.3 is 14.6 Å². The van der Waals surface area contributed by atoms with Gasteiger partial charge in [-0.3, -0.25) is 0 Å². The summed E-state index contributed by atoms with van der Waals surface area (Å²) >= 11 is 0. The summed E-state index contributed by atoms with van der Waals surface area (Å²) in [6.07, 6.45) is 0. The molecule has 6 heavy (non-hydrogen) atoms. The van der Waals surface area contributed by atoms with Crippen molar-refractivity contribution in [2.24, 2.45) is 0 Å². The average molecular weight is 97.7 g/mol. The molecule has 30 valence electrons. The van der Waals surface area contributed by atoms with Gasteiger partial charge >= 0.3 is 36.9 Å². The van der Waals surface area contributed by atoms with Crippen LogP contribution in [-0.2, 0) is 4.57 Å². The summed E-state index contributed by atoms with van der Waals surface area (Å²) in [5, 5.41) is 15.4. The van der Waals surface area contributed by atoms with E-state index in [2.05, 4.69) is 4.57 Å². The van der Waals surface area contributed by atoms with E-state index in [1.54, 1.807) is 0 Å². The van der Waals surface area contributed by atoms with Crippen LogP contribution in [-0.4, -0.2) is 55.0 Å². The fourth-order valence-electron chi connectivity index (χ4n) is 0. The molecular formula is H5B2NaO3. The van der Waals surface area contributed by atoms with E-state index in [0.717, 1.165) is 0 Å². The molecule has 0 heterocycles. The minimum atomic E-state index is -1.62. The molecule has 0 aliphatic heterocycles. The third-order valence-electron chi connectivity index (χ3n) is 0.211. The monoisotopic (exact) mass is 98.0 g/mol. The molecule has 0 spiro atoms. The van der Waals surface area contributed by atoms with Crippen LogP contribution in [0.1, 0.15) is 0 Å². The predicted octanol–water partition coefficient (Wildman–Crippen LogP) is -3.13. The van der Waals surface area contributed by atoms with Crippen LogP contribution in [0.2, 0.25) is 0 Å². The summed E-state index contributed by atoms with van der Waals surface area (Å²) in [7, 11) is -0.417. The van der Waals surface area contributed by atoms with Crippen molar-refractivity contribution in [3.8, 4) is 0 Å². The Hall–Kier alpha value is 1.01. The Balaban J connectivity index is 0. The quantitative estimate of drug-likeness (QED) is 0.341. The molecule has 0 radical (unpaired) electrons. The molecule has 0 saturated heterocycles. The van der Waals surface area contributed by atoms with Crippen LogP contribution in [0.3, 0.4) is 0 Å². The topological polar surface area (TPSA) is 49.7 Å². The van der Waals surface area contributed by atoms with E-state index >= 15 is 0 Å². The molecule has 0 aromatic rings. The second-order valence-corrected chi connectivity index (χ2v) is 0.562. The SMILES string of the molecule is BOB(O)O.[NaH]. The molecule has 0 aliphatic carbocycles. The molecule has 0 aromatic heterocycles. The first-order valence-electron chi connectivity index (χ1n) is 1.16. The first-order valence-corrected chi connectivity index (χ1v) is 1.16. The number of hydrogen-bond acceptors (Lipinski definition) is 3. The Bertz CT molecular complexity index is 22.8. The maximum absolute atomic E-state index is 7.69. The van der Waals surface area contributed by atoms with Crippen LogP contribution in [0, 0.1) is 0 Å². The summed E-state index contributed by atoms with van der Waals surface area (Å²) in [6, 6.07) is 0. The molecule has 0 aliphatic rings. The molecule has 0 unspecified atom stereocenters. The van der Waals surface area contributed by atoms with Crippen molar-refractivity contribution in [2.75, 3.05) is 0 Å². The van der Waals surface area contributed by atoms with Gasteiger partial charge in [-0.25, -0.2) is 0 Å². The van der Waals surface area contributed by atoms with Gasteiger partial charge in [-0.05, 0) is 0 Å². The fraction of sp³-hybridized carbons (Fsp3) is 0. The molecular weight excluding hydrogens is 92.6 g/mol. The van der Waals surface area contributed by atoms with Crippen molar-refractivity contribution in [3.63, 3.8) is 0 Å². The summed E-state index contributed by atoms with van der Waals surface area (Å²) < 4.78 is 3.86. The van der Waals surface area contributed by atoms with Crippen LogP contribution in [0.15, 0.2) is 0 Å². The van der Waals surface area contributed by atoms with Crippen LogP contribution < -0.4 is 0 Å². The number of rotatable bonds is 1. The van der Waals surface area contributed by atoms with Crippen molar-refractivity contribution >= 4 is 44.9 Å². The minimum absolute atomic E-state index is 0. The zero-order valence-corrected chi connectivity index (χ0v) is 2.88. The normalized spacial score (nSPS) is 6.33. The third-order valence-corrected chi connectivity index (χ3v) is 0.211. The molecule has 0 atom stereocenters. The maximum atomic E-state index is 7.69. The van der Waals surface area contributed by atoms with Gasteiger partial charge in [0, 0.05) is 0 Å². The van der Waals surface area contributed by atoms with Gasteiger partial charge in [0.2, 0.25) is 8.05 Å². The van der Waals surface area contributed by atoms with Crippen LogP contribution in [0.25, 0.3) is 0 Å². The standard InChI is InChI=1S/B2H4O3.Na.H/c1-5-2(3)4;;/h3-4H,1H2;;. The molecule has 0 saturated carbocycles. The van der Waals surface area contributed by atoms with Gasteiger partial charge in [0.25, 0.3) is 0 Å². The van der Waals surface area contributed by atoms with Gasteiger partial charge in [-0.2, -0.15) is 0 Å². The third kappa shape index (κ3) is 8.89. The van der Waals surface area contributed by atoms with Gasteiger partial charge in [-0.1, -0.05) is 0 Å². The number of hydrogen-bond donors (Lipinski definition) is 2. The Labute approximate surface area is 59.6 Å². The Kier molecular flexibility index (Phi) is 10.1. The zero-order chi connectivity index (χ0) is 4.28. The average Bonchev–Trinajstić information content (AvgIpc) is 1.38. The van der Waals surface area contributed by atoms with E-state index < -0.39 is 7.32 Å². The first kappa shape index (κ1) is 10.1. The van der Waals surface area contributed by atoms with Crippen LogP contribution >= 0.6 is 0 Å². The Morgan fingerprint density at radius 2 is 1.67 bits per heavy atom. The molecule has 6 heteroatoms. The van der Waals surface area contributed by atoms with Gasteiger partial charge in [0.15, 0.2) is 0 Å². The van der Waals surface area contributed by atoms with E-state index in [0.29, 0.717) is 0 Å². The van der Waals surface area contributed by atoms with Crippen molar-refractivity contribution < 1.29 is 14.6 Å². The molecule has 2 N–H and O–H groups in total. The summed E-state index contributed by atoms with van der Waals surface area (Å²) in [5.74, 6) is 0. The van der Waals surface area contributed by atoms with E-state index in [1.165, 1.54) is 8.05 Å². The van der Waals surface area contributed by atoms with Crippen molar-refractivity contribution in [2.45, 2.75) is 0 Å². The van der Waals surface area contributed by atoms with Crippen molar-refractivity contribution in [1.29, 1.82) is 0 Å². The Morgan fingerprint density at radius 1 is 1.50 bits per heavy atom. The molecule has 0 amide bonds. The van der Waals surface area contributed by atoms with E-state index in [9.17, 15) is 0 Å². The van der Waals surface area contributed by atoms with E-state index in [4.69, 9.17) is 10.0 Å². The zero-order valence-electron chi connectivity index (χ0n) is 2.88. The fourth-order valence-corrected chi connectivity index (χ4v) is 0. The van der Waals surface area contributed by atoms with E-state index in [-0.39, 0.29) is 29.6 Å². The van der Waals surface area contributed by atoms with Crippen molar-refractivity contribution in [3.05, 3.63) is 0 Å². The summed E-state index contributed by atoms with van der Waals surface area (Å²) in [5.41, 5.74) is 0. The Morgan fingerprint density at radius 3 is 1.67 bits per heavy atom. The van der Waals surface area contributed by atoms with Gasteiger partial charge in [-0.15, -0.1) is 0 Å². The van der Waals surface area contributed by atoms with E-state index in [1.807, 2.05) is 0 Å². The first-order chi connectivity index (χ1) is 2.27. The summed E-state index contributed by atoms with van der Waals surface area (Å²) in [6.45, 7) is 0. The second-order valence-electron chi connectivity index (χ2n) is 0.562. The van der Waals surface area contributed by atoms with Crippen molar-refractivity contribution in [1.82, 2.24) is 0 Å². The molecule has 0 aromatic carbocycles. The second kappa shape index (κ2) is 6.01. The summed E-state index contributed by atoms with van der Waals surface area (Å²) in [4.78, 5) is 0. The van der Waals surface area contributed by atoms with Gasteiger partial charge in [0.1, 0.15) is 0 Å². The predicted molar refractivity (Wildman–Crippen MR) is 27.0 cm³/mol. The van der Waals surface area contributed by atoms with Crippen LogP contribution in [0.5, 0.6) is 0 Å². The van der Waals surface area contributed by atoms with Crippen LogP contribution in [0.4, 0.5) is 0 Å². The van der Waals surface area contributed by atoms with Gasteiger partial charge in [0.05, 0.1) is 0 Å². The molecule has 0 bridgehead atoms.